The number of unbranched alkanes of at least 4 members (excludes halogenated alkanes) is 8. The van der Waals surface area contributed by atoms with Gasteiger partial charge in [-0.2, -0.15) is 0 Å². The molecule has 0 saturated heterocycles. The average molecular weight is 888 g/mol. The molecule has 62 heavy (non-hydrogen) atoms. The molecule has 4 unspecified atom stereocenters. The number of nitrogens with one attached hydrogen (secondary N) is 4. The van der Waals surface area contributed by atoms with Crippen molar-refractivity contribution in [1.82, 2.24) is 21.3 Å². The molecule has 0 bridgehead atoms. The van der Waals surface area contributed by atoms with Crippen molar-refractivity contribution < 1.29 is 62.0 Å². The Hall–Kier alpha value is -3.55. The summed E-state index contributed by atoms with van der Waals surface area (Å²) in [5, 5.41) is 12.6. The number of hydrogen-bond acceptors (Lipinski definition) is 17. The number of ether oxygens (including phenoxy) is 6. The molecule has 0 rings (SSSR count). The Kier molecular flexibility index (Phi) is 37.9. The molecule has 0 aromatic carbocycles. The normalized spacial score (nSPS) is 13.1. The fourth-order valence-corrected chi connectivity index (χ4v) is 6.00. The summed E-state index contributed by atoms with van der Waals surface area (Å²) in [6.45, 7) is 11.8. The topological polar surface area (TPSA) is 249 Å². The van der Waals surface area contributed by atoms with E-state index < -0.39 is 60.0 Å². The molecule has 0 aliphatic heterocycles. The molecule has 0 spiro atoms. The van der Waals surface area contributed by atoms with Crippen LogP contribution in [-0.2, 0) is 62.0 Å². The van der Waals surface area contributed by atoms with Gasteiger partial charge in [0.05, 0.1) is 13.2 Å². The minimum atomic E-state index is -1.83. The molecular weight excluding hydrogens is 807 g/mol. The van der Waals surface area contributed by atoms with Crippen molar-refractivity contribution >= 4 is 41.4 Å². The number of ketones is 2. The summed E-state index contributed by atoms with van der Waals surface area (Å²) in [6.07, 6.45) is 2.64. The minimum absolute atomic E-state index is 0.0586. The van der Waals surface area contributed by atoms with Crippen LogP contribution >= 0.6 is 0 Å². The van der Waals surface area contributed by atoms with E-state index in [2.05, 4.69) is 21.3 Å². The highest BCUT2D eigenvalue weighted by Gasteiger charge is 2.49. The molecule has 1 amide bonds. The van der Waals surface area contributed by atoms with Gasteiger partial charge in [0, 0.05) is 78.4 Å². The summed E-state index contributed by atoms with van der Waals surface area (Å²) < 4.78 is 32.7. The number of esters is 4. The standard InChI is InChI=1S/C44H81N5O13/c1-6-36(52)59-40(35(51)22-20-25-47-28-30-48-29-27-46-24-19-21-34(50)33-58-32-31-57-5)41(60-37(53)7-2)42(61-38(54)8-3)43(62-39(55)9-4)44(56)49-26-18-16-14-12-10-11-13-15-17-23-45/h40-43,46-48H,6-33,45H2,1-5H3,(H,49,56). The van der Waals surface area contributed by atoms with Gasteiger partial charge >= 0.3 is 23.9 Å². The van der Waals surface area contributed by atoms with Crippen molar-refractivity contribution in [2.24, 2.45) is 5.73 Å². The van der Waals surface area contributed by atoms with Crippen molar-refractivity contribution in [2.75, 3.05) is 79.3 Å². The first kappa shape index (κ1) is 58.5. The molecule has 0 heterocycles. The predicted octanol–water partition coefficient (Wildman–Crippen LogP) is 2.99. The lowest BCUT2D eigenvalue weighted by molar-refractivity contribution is -0.202. The van der Waals surface area contributed by atoms with E-state index in [1.807, 2.05) is 0 Å². The Morgan fingerprint density at radius 2 is 0.919 bits per heavy atom. The summed E-state index contributed by atoms with van der Waals surface area (Å²) in [4.78, 5) is 90.8. The summed E-state index contributed by atoms with van der Waals surface area (Å²) in [7, 11) is 1.58. The lowest BCUT2D eigenvalue weighted by atomic mass is 9.96. The number of methoxy groups -OCH3 is 1. The van der Waals surface area contributed by atoms with Gasteiger partial charge in [0.1, 0.15) is 6.61 Å². The third-order valence-corrected chi connectivity index (χ3v) is 9.62. The third kappa shape index (κ3) is 30.5. The van der Waals surface area contributed by atoms with Crippen LogP contribution in [0.3, 0.4) is 0 Å². The highest BCUT2D eigenvalue weighted by molar-refractivity contribution is 5.88. The molecule has 6 N–H and O–H groups in total. The monoisotopic (exact) mass is 888 g/mol. The maximum Gasteiger partial charge on any atom is 0.306 e. The number of rotatable bonds is 43. The lowest BCUT2D eigenvalue weighted by Gasteiger charge is -2.35. The van der Waals surface area contributed by atoms with E-state index in [-0.39, 0.29) is 51.0 Å². The Labute approximate surface area is 370 Å². The Morgan fingerprint density at radius 3 is 1.42 bits per heavy atom. The van der Waals surface area contributed by atoms with Gasteiger partial charge in [-0.1, -0.05) is 72.6 Å². The highest BCUT2D eigenvalue weighted by Crippen LogP contribution is 2.23. The number of carbonyl (C=O) groups excluding carboxylic acids is 7. The predicted molar refractivity (Wildman–Crippen MR) is 234 cm³/mol. The zero-order valence-electron chi connectivity index (χ0n) is 38.5. The number of amides is 1. The van der Waals surface area contributed by atoms with Gasteiger partial charge < -0.3 is 55.4 Å². The molecule has 4 atom stereocenters. The summed E-state index contributed by atoms with van der Waals surface area (Å²) in [5.41, 5.74) is 5.56. The maximum absolute atomic E-state index is 13.9. The molecule has 0 aromatic rings. The second-order valence-electron chi connectivity index (χ2n) is 14.9. The van der Waals surface area contributed by atoms with Gasteiger partial charge in [0.2, 0.25) is 12.2 Å². The van der Waals surface area contributed by atoms with Crippen LogP contribution in [0.15, 0.2) is 0 Å². The molecule has 0 saturated carbocycles. The number of nitrogens with two attached hydrogens (primary N) is 1. The largest absolute Gasteiger partial charge is 0.454 e. The zero-order chi connectivity index (χ0) is 46.2. The average Bonchev–Trinajstić information content (AvgIpc) is 3.27. The number of carbonyl (C=O) groups is 7. The van der Waals surface area contributed by atoms with Gasteiger partial charge in [0.15, 0.2) is 23.8 Å². The van der Waals surface area contributed by atoms with E-state index in [1.54, 1.807) is 7.11 Å². The quantitative estimate of drug-likeness (QED) is 0.0335. The van der Waals surface area contributed by atoms with Crippen LogP contribution in [0.25, 0.3) is 0 Å². The molecular formula is C44H81N5O13. The zero-order valence-corrected chi connectivity index (χ0v) is 38.5. The van der Waals surface area contributed by atoms with Crippen LogP contribution < -0.4 is 27.0 Å². The van der Waals surface area contributed by atoms with Gasteiger partial charge in [-0.25, -0.2) is 0 Å². The second kappa shape index (κ2) is 40.2. The van der Waals surface area contributed by atoms with Gasteiger partial charge in [-0.05, 0) is 45.3 Å². The smallest absolute Gasteiger partial charge is 0.306 e. The molecule has 18 nitrogen and oxygen atoms in total. The van der Waals surface area contributed by atoms with E-state index in [0.717, 1.165) is 64.3 Å². The fourth-order valence-electron chi connectivity index (χ4n) is 6.00. The van der Waals surface area contributed by atoms with E-state index in [4.69, 9.17) is 34.2 Å². The van der Waals surface area contributed by atoms with Crippen LogP contribution in [0.1, 0.15) is 137 Å². The van der Waals surface area contributed by atoms with Gasteiger partial charge in [-0.3, -0.25) is 33.6 Å². The third-order valence-electron chi connectivity index (χ3n) is 9.62. The van der Waals surface area contributed by atoms with E-state index >= 15 is 0 Å². The molecule has 0 aliphatic rings. The van der Waals surface area contributed by atoms with Crippen molar-refractivity contribution in [3.05, 3.63) is 0 Å². The van der Waals surface area contributed by atoms with Crippen molar-refractivity contribution in [3.8, 4) is 0 Å². The first-order valence-electron chi connectivity index (χ1n) is 23.0. The minimum Gasteiger partial charge on any atom is -0.454 e. The fraction of sp³-hybridized carbons (Fsp3) is 0.841. The summed E-state index contributed by atoms with van der Waals surface area (Å²) in [5.74, 6) is -4.63. The van der Waals surface area contributed by atoms with Crippen LogP contribution in [-0.4, -0.2) is 145 Å². The van der Waals surface area contributed by atoms with Crippen LogP contribution in [0, 0.1) is 0 Å². The van der Waals surface area contributed by atoms with Crippen LogP contribution in [0.5, 0.6) is 0 Å². The van der Waals surface area contributed by atoms with Crippen LogP contribution in [0.2, 0.25) is 0 Å². The van der Waals surface area contributed by atoms with Crippen molar-refractivity contribution in [2.45, 2.75) is 161 Å². The molecule has 0 radical (unpaired) electrons. The maximum atomic E-state index is 13.9. The van der Waals surface area contributed by atoms with Gasteiger partial charge in [-0.15, -0.1) is 0 Å². The van der Waals surface area contributed by atoms with E-state index in [1.165, 1.54) is 27.7 Å². The first-order chi connectivity index (χ1) is 30.0. The molecule has 0 aromatic heterocycles. The Balaban J connectivity index is 5.55. The van der Waals surface area contributed by atoms with E-state index in [0.29, 0.717) is 71.7 Å². The van der Waals surface area contributed by atoms with Crippen molar-refractivity contribution in [3.63, 3.8) is 0 Å². The van der Waals surface area contributed by atoms with Crippen LogP contribution in [0.4, 0.5) is 0 Å². The SMILES string of the molecule is CCC(=O)OC(C(=O)CCCNCCNCCNCCCC(=O)COCCOC)C(OC(=O)CC)C(OC(=O)CC)C(OC(=O)CC)C(=O)NCCCCCCCCCCCN. The van der Waals surface area contributed by atoms with E-state index in [9.17, 15) is 33.6 Å². The summed E-state index contributed by atoms with van der Waals surface area (Å²) in [6, 6.07) is 0. The molecule has 0 aliphatic carbocycles. The molecule has 18 heteroatoms. The second-order valence-corrected chi connectivity index (χ2v) is 14.9. The highest BCUT2D eigenvalue weighted by atomic mass is 16.6. The lowest BCUT2D eigenvalue weighted by Crippen LogP contribution is -2.58. The molecule has 360 valence electrons. The number of Topliss-reactive ketones (excluding diaryl/α,β-unsaturated/α-hetero) is 2. The van der Waals surface area contributed by atoms with Gasteiger partial charge in [0.25, 0.3) is 5.91 Å². The molecule has 0 fully saturated rings. The first-order valence-corrected chi connectivity index (χ1v) is 23.0. The number of hydrogen-bond donors (Lipinski definition) is 5. The summed E-state index contributed by atoms with van der Waals surface area (Å²) >= 11 is 0. The Morgan fingerprint density at radius 1 is 0.484 bits per heavy atom. The van der Waals surface area contributed by atoms with Crippen molar-refractivity contribution in [1.29, 1.82) is 0 Å². The Bertz CT molecular complexity index is 1240.